The molecule has 0 aliphatic carbocycles. The van der Waals surface area contributed by atoms with Crippen LogP contribution in [0.5, 0.6) is 0 Å². The minimum absolute atomic E-state index is 0.0687. The highest BCUT2D eigenvalue weighted by atomic mass is 16.5. The molecule has 3 aromatic rings. The van der Waals surface area contributed by atoms with Gasteiger partial charge in [0.15, 0.2) is 5.82 Å². The van der Waals surface area contributed by atoms with Crippen molar-refractivity contribution in [2.75, 3.05) is 5.32 Å². The van der Waals surface area contributed by atoms with Crippen LogP contribution in [0, 0.1) is 0 Å². The molecule has 0 bridgehead atoms. The van der Waals surface area contributed by atoms with Crippen LogP contribution in [0.1, 0.15) is 38.9 Å². The molecule has 0 aliphatic heterocycles. The van der Waals surface area contributed by atoms with E-state index < -0.39 is 0 Å². The average molecular weight is 323 g/mol. The van der Waals surface area contributed by atoms with Gasteiger partial charge in [-0.25, -0.2) is 0 Å². The van der Waals surface area contributed by atoms with Crippen LogP contribution in [0.4, 0.5) is 5.69 Å². The summed E-state index contributed by atoms with van der Waals surface area (Å²) in [6, 6.07) is 13.9. The van der Waals surface area contributed by atoms with E-state index >= 15 is 0 Å². The average Bonchev–Trinajstić information content (AvgIpc) is 3.02. The fraction of sp³-hybridized carbons (Fsp3) is 0.316. The first-order valence-corrected chi connectivity index (χ1v) is 8.03. The van der Waals surface area contributed by atoms with Gasteiger partial charge in [-0.15, -0.1) is 0 Å². The molecular weight excluding hydrogens is 302 g/mol. The van der Waals surface area contributed by atoms with Crippen molar-refractivity contribution < 1.29 is 9.32 Å². The fourth-order valence-electron chi connectivity index (χ4n) is 2.37. The third kappa shape index (κ3) is 3.79. The summed E-state index contributed by atoms with van der Waals surface area (Å²) in [5, 5.41) is 9.13. The SMILES string of the molecule is CC(C)(C)c1noc(CCC(=O)Nc2ccc3ccccc3c2)n1. The number of aromatic nitrogens is 2. The molecular formula is C19H21N3O2. The van der Waals surface area contributed by atoms with Crippen LogP contribution in [0.2, 0.25) is 0 Å². The molecule has 0 saturated carbocycles. The lowest BCUT2D eigenvalue weighted by molar-refractivity contribution is -0.116. The molecule has 1 amide bonds. The second-order valence-corrected chi connectivity index (χ2v) is 6.87. The highest BCUT2D eigenvalue weighted by Crippen LogP contribution is 2.20. The number of aryl methyl sites for hydroxylation is 1. The predicted molar refractivity (Wildman–Crippen MR) is 93.9 cm³/mol. The molecule has 0 aliphatic rings. The van der Waals surface area contributed by atoms with Gasteiger partial charge >= 0.3 is 0 Å². The number of amides is 1. The zero-order valence-corrected chi connectivity index (χ0v) is 14.2. The van der Waals surface area contributed by atoms with Gasteiger partial charge in [0, 0.05) is 23.9 Å². The smallest absolute Gasteiger partial charge is 0.227 e. The molecule has 0 radical (unpaired) electrons. The van der Waals surface area contributed by atoms with Crippen molar-refractivity contribution in [3.8, 4) is 0 Å². The van der Waals surface area contributed by atoms with Crippen molar-refractivity contribution in [3.63, 3.8) is 0 Å². The number of hydrogen-bond donors (Lipinski definition) is 1. The van der Waals surface area contributed by atoms with Crippen molar-refractivity contribution in [1.82, 2.24) is 10.1 Å². The monoisotopic (exact) mass is 323 g/mol. The highest BCUT2D eigenvalue weighted by molar-refractivity contribution is 5.94. The van der Waals surface area contributed by atoms with Gasteiger partial charge in [-0.2, -0.15) is 4.98 Å². The van der Waals surface area contributed by atoms with Crippen molar-refractivity contribution in [3.05, 3.63) is 54.2 Å². The molecule has 124 valence electrons. The maximum atomic E-state index is 12.1. The summed E-state index contributed by atoms with van der Waals surface area (Å²) >= 11 is 0. The molecule has 0 saturated heterocycles. The van der Waals surface area contributed by atoms with Crippen LogP contribution in [0.15, 0.2) is 47.0 Å². The van der Waals surface area contributed by atoms with Crippen molar-refractivity contribution >= 4 is 22.4 Å². The normalized spacial score (nSPS) is 11.6. The molecule has 0 fully saturated rings. The van der Waals surface area contributed by atoms with E-state index in [9.17, 15) is 4.79 Å². The van der Waals surface area contributed by atoms with E-state index in [0.29, 0.717) is 24.6 Å². The second kappa shape index (κ2) is 6.43. The van der Waals surface area contributed by atoms with E-state index in [2.05, 4.69) is 15.5 Å². The highest BCUT2D eigenvalue weighted by Gasteiger charge is 2.21. The van der Waals surface area contributed by atoms with Gasteiger partial charge in [-0.3, -0.25) is 4.79 Å². The summed E-state index contributed by atoms with van der Waals surface area (Å²) in [5.74, 6) is 1.09. The molecule has 0 atom stereocenters. The second-order valence-electron chi connectivity index (χ2n) is 6.87. The Labute approximate surface area is 141 Å². The number of nitrogens with one attached hydrogen (secondary N) is 1. The van der Waals surface area contributed by atoms with Gasteiger partial charge in [0.05, 0.1) is 0 Å². The molecule has 1 N–H and O–H groups in total. The zero-order chi connectivity index (χ0) is 17.2. The Bertz CT molecular complexity index is 862. The molecule has 1 aromatic heterocycles. The molecule has 5 nitrogen and oxygen atoms in total. The minimum atomic E-state index is -0.158. The molecule has 24 heavy (non-hydrogen) atoms. The third-order valence-electron chi connectivity index (χ3n) is 3.74. The van der Waals surface area contributed by atoms with Crippen LogP contribution < -0.4 is 5.32 Å². The van der Waals surface area contributed by atoms with Gasteiger partial charge in [-0.1, -0.05) is 56.3 Å². The van der Waals surface area contributed by atoms with E-state index in [1.165, 1.54) is 0 Å². The number of carbonyl (C=O) groups excluding carboxylic acids is 1. The predicted octanol–water partition coefficient (Wildman–Crippen LogP) is 4.09. The molecule has 1 heterocycles. The minimum Gasteiger partial charge on any atom is -0.339 e. The zero-order valence-electron chi connectivity index (χ0n) is 14.2. The Balaban J connectivity index is 1.59. The van der Waals surface area contributed by atoms with E-state index in [0.717, 1.165) is 16.5 Å². The molecule has 5 heteroatoms. The summed E-state index contributed by atoms with van der Waals surface area (Å²) in [6.45, 7) is 6.07. The van der Waals surface area contributed by atoms with Gasteiger partial charge in [0.2, 0.25) is 11.8 Å². The van der Waals surface area contributed by atoms with E-state index in [1.807, 2.05) is 63.2 Å². The Morgan fingerprint density at radius 2 is 1.88 bits per heavy atom. The number of fused-ring (bicyclic) bond motifs is 1. The summed E-state index contributed by atoms with van der Waals surface area (Å²) in [5.41, 5.74) is 0.634. The van der Waals surface area contributed by atoms with Gasteiger partial charge < -0.3 is 9.84 Å². The summed E-state index contributed by atoms with van der Waals surface area (Å²) in [4.78, 5) is 16.5. The van der Waals surface area contributed by atoms with Crippen LogP contribution >= 0.6 is 0 Å². The lowest BCUT2D eigenvalue weighted by Crippen LogP contribution is -2.14. The van der Waals surface area contributed by atoms with Crippen LogP contribution in [-0.4, -0.2) is 16.0 Å². The maximum Gasteiger partial charge on any atom is 0.227 e. The lowest BCUT2D eigenvalue weighted by Gasteiger charge is -2.10. The van der Waals surface area contributed by atoms with Gasteiger partial charge in [0.25, 0.3) is 0 Å². The first kappa shape index (κ1) is 16.2. The van der Waals surface area contributed by atoms with E-state index in [4.69, 9.17) is 4.52 Å². The number of hydrogen-bond acceptors (Lipinski definition) is 4. The Hall–Kier alpha value is -2.69. The summed E-state index contributed by atoms with van der Waals surface area (Å²) in [7, 11) is 0. The number of anilines is 1. The van der Waals surface area contributed by atoms with Crippen molar-refractivity contribution in [2.45, 2.75) is 39.0 Å². The molecule has 0 unspecified atom stereocenters. The number of carbonyl (C=O) groups is 1. The largest absolute Gasteiger partial charge is 0.339 e. The third-order valence-corrected chi connectivity index (χ3v) is 3.74. The first-order valence-electron chi connectivity index (χ1n) is 8.03. The first-order chi connectivity index (χ1) is 11.4. The van der Waals surface area contributed by atoms with Gasteiger partial charge in [0.1, 0.15) is 0 Å². The van der Waals surface area contributed by atoms with Crippen LogP contribution in [-0.2, 0) is 16.6 Å². The molecule has 2 aromatic carbocycles. The standard InChI is InChI=1S/C19H21N3O2/c1-19(2,3)18-21-17(24-22-18)11-10-16(23)20-15-9-8-13-6-4-5-7-14(13)12-15/h4-9,12H,10-11H2,1-3H3,(H,20,23). The maximum absolute atomic E-state index is 12.1. The topological polar surface area (TPSA) is 68.0 Å². The summed E-state index contributed by atoms with van der Waals surface area (Å²) in [6.07, 6.45) is 0.737. The quantitative estimate of drug-likeness (QED) is 0.785. The Morgan fingerprint density at radius 3 is 2.58 bits per heavy atom. The Kier molecular flexibility index (Phi) is 4.34. The number of benzene rings is 2. The Morgan fingerprint density at radius 1 is 1.12 bits per heavy atom. The van der Waals surface area contributed by atoms with Crippen molar-refractivity contribution in [2.24, 2.45) is 0 Å². The van der Waals surface area contributed by atoms with Crippen LogP contribution in [0.25, 0.3) is 10.8 Å². The van der Waals surface area contributed by atoms with E-state index in [1.54, 1.807) is 0 Å². The fourth-order valence-corrected chi connectivity index (χ4v) is 2.37. The molecule has 3 rings (SSSR count). The van der Waals surface area contributed by atoms with Crippen LogP contribution in [0.3, 0.4) is 0 Å². The lowest BCUT2D eigenvalue weighted by atomic mass is 9.96. The van der Waals surface area contributed by atoms with Gasteiger partial charge in [-0.05, 0) is 22.9 Å². The number of nitrogens with zero attached hydrogens (tertiary/aromatic N) is 2. The summed E-state index contributed by atoms with van der Waals surface area (Å²) < 4.78 is 5.21. The van der Waals surface area contributed by atoms with Crippen molar-refractivity contribution in [1.29, 1.82) is 0 Å². The molecule has 0 spiro atoms. The number of rotatable bonds is 4. The van der Waals surface area contributed by atoms with E-state index in [-0.39, 0.29) is 11.3 Å².